The van der Waals surface area contributed by atoms with Gasteiger partial charge in [0.15, 0.2) is 0 Å². The van der Waals surface area contributed by atoms with Gasteiger partial charge in [0.25, 0.3) is 0 Å². The van der Waals surface area contributed by atoms with Gasteiger partial charge in [0.2, 0.25) is 0 Å². The zero-order valence-corrected chi connectivity index (χ0v) is 31.9. The zero-order valence-electron chi connectivity index (χ0n) is 31.9. The number of hydrogen-bond acceptors (Lipinski definition) is 0. The number of aryl methyl sites for hydroxylation is 4. The summed E-state index contributed by atoms with van der Waals surface area (Å²) >= 11 is 0. The van der Waals surface area contributed by atoms with E-state index >= 15 is 0 Å². The van der Waals surface area contributed by atoms with Crippen molar-refractivity contribution in [3.8, 4) is 0 Å². The van der Waals surface area contributed by atoms with Crippen molar-refractivity contribution >= 4 is 0 Å². The minimum Gasteiger partial charge on any atom is -0.0654 e. The molecular formula is C46H77. The normalized spacial score (nSPS) is 12.9. The zero-order chi connectivity index (χ0) is 33.2. The summed E-state index contributed by atoms with van der Waals surface area (Å²) in [7, 11) is 0. The van der Waals surface area contributed by atoms with E-state index in [0.717, 1.165) is 0 Å². The number of rotatable bonds is 29. The summed E-state index contributed by atoms with van der Waals surface area (Å²) in [5.41, 5.74) is 9.72. The average molecular weight is 630 g/mol. The van der Waals surface area contributed by atoms with Crippen molar-refractivity contribution in [1.29, 1.82) is 0 Å². The summed E-state index contributed by atoms with van der Waals surface area (Å²) in [6, 6.07) is 15.3. The van der Waals surface area contributed by atoms with E-state index in [1.165, 1.54) is 161 Å². The third kappa shape index (κ3) is 16.5. The highest BCUT2D eigenvalue weighted by molar-refractivity contribution is 5.36. The van der Waals surface area contributed by atoms with E-state index in [4.69, 9.17) is 0 Å². The second-order valence-corrected chi connectivity index (χ2v) is 14.7. The van der Waals surface area contributed by atoms with Crippen LogP contribution in [0.3, 0.4) is 0 Å². The standard InChI is InChI=1S/C46H77/c1-7-13-18-19-20-25-26-39(35-40-31-32-42(27-21-14-8-2)44(37-40)29-23-16-10-4)36-41(12-6)46-34-33-43(28-22-15-9-3)45(38-46)30-24-17-11-5/h31-34,36-39,41H,7-30,35H2,1-6H3. The van der Waals surface area contributed by atoms with Crippen molar-refractivity contribution in [2.75, 3.05) is 0 Å². The Morgan fingerprint density at radius 1 is 0.457 bits per heavy atom. The third-order valence-electron chi connectivity index (χ3n) is 10.5. The maximum absolute atomic E-state index is 2.81. The van der Waals surface area contributed by atoms with Crippen LogP contribution in [0.1, 0.15) is 209 Å². The van der Waals surface area contributed by atoms with Crippen LogP contribution in [0, 0.1) is 12.3 Å². The maximum Gasteiger partial charge on any atom is -0.0130 e. The lowest BCUT2D eigenvalue weighted by atomic mass is 9.80. The first-order valence-electron chi connectivity index (χ1n) is 20.7. The molecule has 0 saturated carbocycles. The molecule has 0 nitrogen and oxygen atoms in total. The highest BCUT2D eigenvalue weighted by Gasteiger charge is 2.20. The van der Waals surface area contributed by atoms with Gasteiger partial charge in [0.1, 0.15) is 0 Å². The second-order valence-electron chi connectivity index (χ2n) is 14.7. The highest BCUT2D eigenvalue weighted by atomic mass is 14.2. The van der Waals surface area contributed by atoms with Crippen molar-refractivity contribution in [2.45, 2.75) is 208 Å². The first kappa shape index (κ1) is 40.6. The molecule has 2 aromatic carbocycles. The Kier molecular flexibility index (Phi) is 23.3. The van der Waals surface area contributed by atoms with Gasteiger partial charge < -0.3 is 0 Å². The molecule has 2 aromatic rings. The van der Waals surface area contributed by atoms with Crippen molar-refractivity contribution in [1.82, 2.24) is 0 Å². The largest absolute Gasteiger partial charge is 0.0654 e. The summed E-state index contributed by atoms with van der Waals surface area (Å²) in [5.74, 6) is 1.20. The van der Waals surface area contributed by atoms with E-state index in [-0.39, 0.29) is 0 Å². The molecule has 261 valence electrons. The molecule has 2 rings (SSSR count). The fourth-order valence-corrected chi connectivity index (χ4v) is 7.47. The predicted octanol–water partition coefficient (Wildman–Crippen LogP) is 14.9. The van der Waals surface area contributed by atoms with Gasteiger partial charge in [0.05, 0.1) is 0 Å². The van der Waals surface area contributed by atoms with Crippen LogP contribution in [0.25, 0.3) is 0 Å². The van der Waals surface area contributed by atoms with Crippen molar-refractivity contribution < 1.29 is 0 Å². The molecular weight excluding hydrogens is 553 g/mol. The van der Waals surface area contributed by atoms with E-state index in [1.807, 2.05) is 0 Å². The van der Waals surface area contributed by atoms with Gasteiger partial charge in [-0.25, -0.2) is 0 Å². The molecule has 0 aliphatic rings. The van der Waals surface area contributed by atoms with Crippen LogP contribution >= 0.6 is 0 Å². The minimum atomic E-state index is 0.553. The lowest BCUT2D eigenvalue weighted by molar-refractivity contribution is 0.466. The molecule has 0 saturated heterocycles. The number of benzene rings is 2. The predicted molar refractivity (Wildman–Crippen MR) is 208 cm³/mol. The van der Waals surface area contributed by atoms with E-state index in [2.05, 4.69) is 84.4 Å². The molecule has 0 spiro atoms. The van der Waals surface area contributed by atoms with E-state index in [1.54, 1.807) is 33.4 Å². The number of hydrogen-bond donors (Lipinski definition) is 0. The molecule has 46 heavy (non-hydrogen) atoms. The smallest absolute Gasteiger partial charge is 0.0130 e. The van der Waals surface area contributed by atoms with Crippen molar-refractivity contribution in [2.24, 2.45) is 5.92 Å². The van der Waals surface area contributed by atoms with Crippen LogP contribution in [-0.2, 0) is 32.1 Å². The van der Waals surface area contributed by atoms with Gasteiger partial charge in [-0.05, 0) is 122 Å². The molecule has 0 fully saturated rings. The Balaban J connectivity index is 2.27. The second kappa shape index (κ2) is 26.4. The summed E-state index contributed by atoms with van der Waals surface area (Å²) in [5, 5.41) is 0. The molecule has 1 radical (unpaired) electrons. The lowest BCUT2D eigenvalue weighted by Gasteiger charge is -2.25. The third-order valence-corrected chi connectivity index (χ3v) is 10.5. The molecule has 0 aliphatic carbocycles. The first-order valence-corrected chi connectivity index (χ1v) is 20.7. The van der Waals surface area contributed by atoms with Gasteiger partial charge in [0, 0.05) is 0 Å². The molecule has 0 heteroatoms. The highest BCUT2D eigenvalue weighted by Crippen LogP contribution is 2.33. The molecule has 0 amide bonds. The molecule has 2 atom stereocenters. The summed E-state index contributed by atoms with van der Waals surface area (Å²) < 4.78 is 0. The van der Waals surface area contributed by atoms with E-state index < -0.39 is 0 Å². The first-order chi connectivity index (χ1) is 22.6. The lowest BCUT2D eigenvalue weighted by Crippen LogP contribution is -2.13. The summed E-state index contributed by atoms with van der Waals surface area (Å²) in [6.45, 7) is 14.1. The molecule has 2 unspecified atom stereocenters. The Morgan fingerprint density at radius 2 is 0.913 bits per heavy atom. The summed E-state index contributed by atoms with van der Waals surface area (Å²) in [6.07, 6.45) is 35.9. The van der Waals surface area contributed by atoms with Gasteiger partial charge in [-0.1, -0.05) is 168 Å². The van der Waals surface area contributed by atoms with Crippen LogP contribution in [-0.4, -0.2) is 0 Å². The van der Waals surface area contributed by atoms with E-state index in [9.17, 15) is 0 Å². The molecule has 0 aromatic heterocycles. The van der Waals surface area contributed by atoms with Crippen molar-refractivity contribution in [3.05, 3.63) is 76.2 Å². The molecule has 0 aliphatic heterocycles. The van der Waals surface area contributed by atoms with Gasteiger partial charge in [-0.3, -0.25) is 0 Å². The van der Waals surface area contributed by atoms with Crippen molar-refractivity contribution in [3.63, 3.8) is 0 Å². The number of unbranched alkanes of at least 4 members (excludes halogenated alkanes) is 13. The van der Waals surface area contributed by atoms with Crippen LogP contribution in [0.15, 0.2) is 36.4 Å². The van der Waals surface area contributed by atoms with Crippen LogP contribution in [0.2, 0.25) is 0 Å². The van der Waals surface area contributed by atoms with Gasteiger partial charge >= 0.3 is 0 Å². The summed E-state index contributed by atoms with van der Waals surface area (Å²) in [4.78, 5) is 0. The Hall–Kier alpha value is -1.56. The van der Waals surface area contributed by atoms with Crippen LogP contribution in [0.4, 0.5) is 0 Å². The Labute approximate surface area is 289 Å². The van der Waals surface area contributed by atoms with Gasteiger partial charge in [-0.2, -0.15) is 0 Å². The van der Waals surface area contributed by atoms with Crippen LogP contribution < -0.4 is 0 Å². The molecule has 0 N–H and O–H groups in total. The Morgan fingerprint density at radius 3 is 1.46 bits per heavy atom. The van der Waals surface area contributed by atoms with Crippen LogP contribution in [0.5, 0.6) is 0 Å². The quantitative estimate of drug-likeness (QED) is 0.0785. The van der Waals surface area contributed by atoms with E-state index in [0.29, 0.717) is 11.8 Å². The average Bonchev–Trinajstić information content (AvgIpc) is 3.07. The van der Waals surface area contributed by atoms with Gasteiger partial charge in [-0.15, -0.1) is 0 Å². The minimum absolute atomic E-state index is 0.553. The maximum atomic E-state index is 2.81. The SMILES string of the molecule is CCCCCCCCC([CH]C(CC)c1ccc(CCCCC)c(CCCCC)c1)Cc1ccc(CCCCC)c(CCCCC)c1. The fraction of sp³-hybridized carbons (Fsp3) is 0.717. The molecule has 0 bridgehead atoms. The fourth-order valence-electron chi connectivity index (χ4n) is 7.47. The monoisotopic (exact) mass is 630 g/mol. The Bertz CT molecular complexity index is 999. The molecule has 0 heterocycles. The topological polar surface area (TPSA) is 0 Å².